The number of ether oxygens (including phenoxy) is 5. The second-order valence-corrected chi connectivity index (χ2v) is 26.0. The Morgan fingerprint density at radius 2 is 1.64 bits per heavy atom. The number of rotatable bonds is 24. The molecule has 2 N–H and O–H groups in total. The largest absolute Gasteiger partial charge is 0.495 e. The van der Waals surface area contributed by atoms with Crippen molar-refractivity contribution in [2.75, 3.05) is 108 Å². The van der Waals surface area contributed by atoms with Gasteiger partial charge < -0.3 is 49.0 Å². The van der Waals surface area contributed by atoms with Crippen LogP contribution >= 0.6 is 23.2 Å². The number of likely N-dealkylation sites (tertiary alicyclic amines) is 1. The molecule has 5 aromatic carbocycles. The maximum atomic E-state index is 16.3. The van der Waals surface area contributed by atoms with Crippen LogP contribution in [0.25, 0.3) is 10.8 Å². The predicted octanol–water partition coefficient (Wildman–Crippen LogP) is 11.1. The van der Waals surface area contributed by atoms with E-state index in [2.05, 4.69) is 80.4 Å². The van der Waals surface area contributed by atoms with Crippen LogP contribution in [0, 0.1) is 51.5 Å². The van der Waals surface area contributed by atoms with E-state index < -0.39 is 46.6 Å². The second kappa shape index (κ2) is 29.8. The van der Waals surface area contributed by atoms with Crippen LogP contribution in [0.5, 0.6) is 11.8 Å². The molecule has 0 spiro atoms. The third kappa shape index (κ3) is 14.9. The summed E-state index contributed by atoms with van der Waals surface area (Å²) in [7, 11) is 3.45. The zero-order valence-corrected chi connectivity index (χ0v) is 54.1. The van der Waals surface area contributed by atoms with Crippen molar-refractivity contribution in [2.24, 2.45) is 17.3 Å². The zero-order chi connectivity index (χ0) is 65.3. The Labute approximate surface area is 546 Å². The Morgan fingerprint density at radius 1 is 0.870 bits per heavy atom. The van der Waals surface area contributed by atoms with Gasteiger partial charge in [-0.1, -0.05) is 105 Å². The molecule has 3 amide bonds. The van der Waals surface area contributed by atoms with Crippen molar-refractivity contribution in [3.8, 4) is 23.9 Å². The first-order valence-electron chi connectivity index (χ1n) is 31.2. The molecule has 18 nitrogen and oxygen atoms in total. The van der Waals surface area contributed by atoms with E-state index >= 15 is 8.78 Å². The zero-order valence-electron chi connectivity index (χ0n) is 52.6. The Balaban J connectivity index is 0.682. The number of amides is 3. The fourth-order valence-corrected chi connectivity index (χ4v) is 14.2. The molecule has 4 aliphatic rings. The Bertz CT molecular complexity index is 3760. The molecule has 92 heavy (non-hydrogen) atoms. The van der Waals surface area contributed by atoms with Gasteiger partial charge in [-0.25, -0.2) is 8.78 Å². The van der Waals surface area contributed by atoms with Gasteiger partial charge in [0.1, 0.15) is 29.8 Å². The van der Waals surface area contributed by atoms with Gasteiger partial charge in [0, 0.05) is 89.9 Å². The van der Waals surface area contributed by atoms with Gasteiger partial charge in [0.15, 0.2) is 0 Å². The number of hydrogen-bond acceptors (Lipinski definition) is 15. The maximum Gasteiger partial charge on any atom is 0.318 e. The molecule has 7 atom stereocenters. The topological polar surface area (TPSA) is 208 Å². The first-order valence-corrected chi connectivity index (χ1v) is 32.0. The number of halogens is 4. The van der Waals surface area contributed by atoms with Crippen molar-refractivity contribution in [3.63, 3.8) is 0 Å². The minimum atomic E-state index is -1.71. The number of piperazine rings is 1. The van der Waals surface area contributed by atoms with Crippen LogP contribution in [0.1, 0.15) is 85.1 Å². The molecule has 2 saturated heterocycles. The van der Waals surface area contributed by atoms with E-state index in [1.165, 1.54) is 66.4 Å². The van der Waals surface area contributed by atoms with Crippen molar-refractivity contribution in [1.82, 2.24) is 25.1 Å². The molecule has 0 bridgehead atoms. The molecule has 3 fully saturated rings. The highest BCUT2D eigenvalue weighted by Gasteiger charge is 2.61. The number of carbonyl (C=O) groups excluding carboxylic acids is 3. The summed E-state index contributed by atoms with van der Waals surface area (Å²) in [4.78, 5) is 59.5. The van der Waals surface area contributed by atoms with Gasteiger partial charge >= 0.3 is 6.01 Å². The average molecular weight is 1300 g/mol. The summed E-state index contributed by atoms with van der Waals surface area (Å²) in [6.45, 7) is 15.2. The Hall–Kier alpha value is -7.95. The second-order valence-electron chi connectivity index (χ2n) is 25.2. The summed E-state index contributed by atoms with van der Waals surface area (Å²) in [5.74, 6) is -4.57. The van der Waals surface area contributed by atoms with Crippen molar-refractivity contribution < 1.29 is 46.8 Å². The summed E-state index contributed by atoms with van der Waals surface area (Å²) < 4.78 is 62.4. The molecule has 1 aliphatic carbocycles. The molecular formula is C70H78Cl2F2N10O8. The number of methoxy groups -OCH3 is 1. The lowest BCUT2D eigenvalue weighted by molar-refractivity contribution is -0.128. The summed E-state index contributed by atoms with van der Waals surface area (Å²) in [5, 5.41) is 29.0. The number of fused-ring (bicyclic) bond motifs is 2. The number of likely N-dealkylation sites (N-methyl/N-ethyl adjacent to an activating group) is 1. The summed E-state index contributed by atoms with van der Waals surface area (Å²) in [6, 6.07) is 32.4. The van der Waals surface area contributed by atoms with Crippen molar-refractivity contribution in [1.29, 1.82) is 10.5 Å². The standard InChI is InChI=1S/C70H78Cl2F2N10O8/c1-7-62(85)84-28-27-83(39-48(84)22-24-75)65-52-23-26-82(60-17-10-13-44-12-8-9-14-51(44)60)41-59(52)79-68(80-65)92-42-49-37-50(40-81(49)5)91-33-32-90-31-30-89-29-25-77-66(86)45-18-21-58(61(34-45)88-6)78-67(87)54-35-46(38-69(2,3)4)70(43-76,55-20-19-47(71)36-57(55)73)63(54)53-15-11-16-56(72)64(53)74/h7-21,34,36,46,48-50,54,63H,1,22-23,25-33,35,37-42H2,2-6H3,(H,77,86)(H,78,87)/t46-,48-,49-,50+,54+,63-,70+/m0/s1. The lowest BCUT2D eigenvalue weighted by atomic mass is 9.62. The average Bonchev–Trinajstić information content (AvgIpc) is 1.53. The fourth-order valence-electron chi connectivity index (χ4n) is 13.8. The van der Waals surface area contributed by atoms with E-state index in [0.29, 0.717) is 72.0 Å². The maximum absolute atomic E-state index is 16.3. The first kappa shape index (κ1) is 67.0. The van der Waals surface area contributed by atoms with Gasteiger partial charge in [-0.3, -0.25) is 19.3 Å². The van der Waals surface area contributed by atoms with Crippen LogP contribution in [0.4, 0.5) is 26.0 Å². The van der Waals surface area contributed by atoms with E-state index in [-0.39, 0.29) is 106 Å². The van der Waals surface area contributed by atoms with Gasteiger partial charge in [0.25, 0.3) is 5.91 Å². The molecule has 0 unspecified atom stereocenters. The minimum absolute atomic E-state index is 0.0125. The molecule has 10 rings (SSSR count). The van der Waals surface area contributed by atoms with E-state index in [0.717, 1.165) is 41.8 Å². The highest BCUT2D eigenvalue weighted by molar-refractivity contribution is 6.31. The molecule has 484 valence electrons. The Kier molecular flexibility index (Phi) is 21.7. The molecule has 22 heteroatoms. The smallest absolute Gasteiger partial charge is 0.318 e. The number of hydrogen-bond donors (Lipinski definition) is 2. The number of benzene rings is 5. The summed E-state index contributed by atoms with van der Waals surface area (Å²) >= 11 is 12.5. The molecule has 4 heterocycles. The van der Waals surface area contributed by atoms with Crippen molar-refractivity contribution in [3.05, 3.63) is 159 Å². The van der Waals surface area contributed by atoms with E-state index in [1.807, 2.05) is 33.9 Å². The number of nitriles is 2. The van der Waals surface area contributed by atoms with Crippen LogP contribution < -0.4 is 29.9 Å². The summed E-state index contributed by atoms with van der Waals surface area (Å²) in [6.07, 6.45) is 3.40. The van der Waals surface area contributed by atoms with Crippen LogP contribution in [0.15, 0.2) is 110 Å². The number of nitrogens with zero attached hydrogens (tertiary/aromatic N) is 8. The van der Waals surface area contributed by atoms with E-state index in [4.69, 9.17) is 56.9 Å². The fraction of sp³-hybridized carbons (Fsp3) is 0.443. The molecular weight excluding hydrogens is 1220 g/mol. The molecule has 1 saturated carbocycles. The number of carbonyl (C=O) groups is 3. The molecule has 0 radical (unpaired) electrons. The van der Waals surface area contributed by atoms with Gasteiger partial charge in [-0.05, 0) is 104 Å². The predicted molar refractivity (Wildman–Crippen MR) is 349 cm³/mol. The van der Waals surface area contributed by atoms with Crippen LogP contribution in [0.2, 0.25) is 10.0 Å². The SMILES string of the molecule is C=CC(=O)N1CCN(c2nc(OC[C@@H]3C[C@@H](OCCOCCOCCNC(=O)c4ccc(NC(=O)[C@@H]5C[C@@H](CC(C)(C)C)[C@](C#N)(c6ccc(Cl)cc6F)[C@H]5c5cccc(Cl)c5F)c(OC)c4)CN3C)nc3c2CCN(c2cccc4ccccc24)C3)C[C@@H]1CC#N. The van der Waals surface area contributed by atoms with Gasteiger partial charge in [-0.2, -0.15) is 20.5 Å². The molecule has 1 aromatic heterocycles. The third-order valence-electron chi connectivity index (χ3n) is 18.1. The number of anilines is 3. The van der Waals surface area contributed by atoms with Crippen molar-refractivity contribution in [2.45, 2.75) is 88.9 Å². The third-order valence-corrected chi connectivity index (χ3v) is 18.6. The number of nitrogens with one attached hydrogen (secondary N) is 2. The highest BCUT2D eigenvalue weighted by atomic mass is 35.5. The minimum Gasteiger partial charge on any atom is -0.495 e. The van der Waals surface area contributed by atoms with Crippen LogP contribution in [0.3, 0.4) is 0 Å². The van der Waals surface area contributed by atoms with Crippen molar-refractivity contribution >= 4 is 68.9 Å². The van der Waals surface area contributed by atoms with E-state index in [9.17, 15) is 24.9 Å². The quantitative estimate of drug-likeness (QED) is 0.0427. The highest BCUT2D eigenvalue weighted by Crippen LogP contribution is 2.61. The first-order chi connectivity index (χ1) is 44.3. The molecule has 3 aliphatic heterocycles. The number of aromatic nitrogens is 2. The van der Waals surface area contributed by atoms with Gasteiger partial charge in [0.2, 0.25) is 11.8 Å². The molecule has 6 aromatic rings. The lowest BCUT2D eigenvalue weighted by Gasteiger charge is -2.42. The monoisotopic (exact) mass is 1290 g/mol. The van der Waals surface area contributed by atoms with E-state index in [1.54, 1.807) is 11.0 Å². The summed E-state index contributed by atoms with van der Waals surface area (Å²) in [5.41, 5.74) is 1.49. The van der Waals surface area contributed by atoms with Crippen LogP contribution in [-0.2, 0) is 42.2 Å². The van der Waals surface area contributed by atoms with Gasteiger partial charge in [0.05, 0.1) is 99.2 Å². The van der Waals surface area contributed by atoms with Gasteiger partial charge in [-0.15, -0.1) is 0 Å². The lowest BCUT2D eigenvalue weighted by Crippen LogP contribution is -2.55. The van der Waals surface area contributed by atoms with Crippen LogP contribution in [-0.4, -0.2) is 149 Å². The Morgan fingerprint density at radius 3 is 2.40 bits per heavy atom. The normalized spacial score (nSPS) is 21.5.